The van der Waals surface area contributed by atoms with Crippen LogP contribution in [0.2, 0.25) is 0 Å². The molecular formula is C15H24N2. The van der Waals surface area contributed by atoms with Gasteiger partial charge in [-0.05, 0) is 36.8 Å². The van der Waals surface area contributed by atoms with Gasteiger partial charge >= 0.3 is 0 Å². The molecule has 2 rings (SSSR count). The standard InChI is InChI=1S/C15H24N2/c1-4-12(3)13-7-9-17(11-13)15-6-8-16-14(5-2)10-15/h6,8,10,12-13H,4-5,7,9,11H2,1-3H3. The first-order valence-electron chi connectivity index (χ1n) is 6.94. The van der Waals surface area contributed by atoms with Crippen molar-refractivity contribution < 1.29 is 0 Å². The monoisotopic (exact) mass is 232 g/mol. The number of anilines is 1. The van der Waals surface area contributed by atoms with Crippen LogP contribution in [0, 0.1) is 11.8 Å². The highest BCUT2D eigenvalue weighted by Crippen LogP contribution is 2.29. The second-order valence-electron chi connectivity index (χ2n) is 5.24. The summed E-state index contributed by atoms with van der Waals surface area (Å²) in [6.07, 6.45) is 5.62. The lowest BCUT2D eigenvalue weighted by atomic mass is 9.91. The number of nitrogens with zero attached hydrogens (tertiary/aromatic N) is 2. The maximum Gasteiger partial charge on any atom is 0.0421 e. The van der Waals surface area contributed by atoms with Gasteiger partial charge in [-0.1, -0.05) is 27.2 Å². The summed E-state index contributed by atoms with van der Waals surface area (Å²) in [5.41, 5.74) is 2.57. The van der Waals surface area contributed by atoms with E-state index in [0.29, 0.717) is 0 Å². The van der Waals surface area contributed by atoms with Crippen LogP contribution in [0.15, 0.2) is 18.3 Å². The van der Waals surface area contributed by atoms with Crippen LogP contribution in [-0.4, -0.2) is 18.1 Å². The van der Waals surface area contributed by atoms with Crippen molar-refractivity contribution in [2.24, 2.45) is 11.8 Å². The van der Waals surface area contributed by atoms with Crippen molar-refractivity contribution in [3.63, 3.8) is 0 Å². The maximum atomic E-state index is 4.37. The van der Waals surface area contributed by atoms with E-state index >= 15 is 0 Å². The molecule has 0 bridgehead atoms. The number of aryl methyl sites for hydroxylation is 1. The SMILES string of the molecule is CCc1cc(N2CCC(C(C)CC)C2)ccn1. The van der Waals surface area contributed by atoms with Crippen LogP contribution in [0.25, 0.3) is 0 Å². The third-order valence-electron chi connectivity index (χ3n) is 4.20. The Morgan fingerprint density at radius 3 is 3.00 bits per heavy atom. The molecule has 0 saturated carbocycles. The lowest BCUT2D eigenvalue weighted by Crippen LogP contribution is -2.21. The summed E-state index contributed by atoms with van der Waals surface area (Å²) in [6, 6.07) is 4.40. The van der Waals surface area contributed by atoms with E-state index in [0.717, 1.165) is 18.3 Å². The first kappa shape index (κ1) is 12.4. The molecule has 0 aliphatic carbocycles. The fourth-order valence-electron chi connectivity index (χ4n) is 2.68. The van der Waals surface area contributed by atoms with Gasteiger partial charge in [0.2, 0.25) is 0 Å². The van der Waals surface area contributed by atoms with E-state index in [9.17, 15) is 0 Å². The van der Waals surface area contributed by atoms with Crippen molar-refractivity contribution in [3.05, 3.63) is 24.0 Å². The molecule has 17 heavy (non-hydrogen) atoms. The second-order valence-corrected chi connectivity index (χ2v) is 5.24. The molecule has 2 unspecified atom stereocenters. The van der Waals surface area contributed by atoms with Gasteiger partial charge in [-0.3, -0.25) is 4.98 Å². The molecule has 0 spiro atoms. The zero-order valence-corrected chi connectivity index (χ0v) is 11.3. The average molecular weight is 232 g/mol. The van der Waals surface area contributed by atoms with E-state index in [1.54, 1.807) is 0 Å². The summed E-state index contributed by atoms with van der Waals surface area (Å²) >= 11 is 0. The summed E-state index contributed by atoms with van der Waals surface area (Å²) in [7, 11) is 0. The minimum Gasteiger partial charge on any atom is -0.371 e. The Morgan fingerprint density at radius 1 is 1.47 bits per heavy atom. The highest BCUT2D eigenvalue weighted by Gasteiger charge is 2.26. The van der Waals surface area contributed by atoms with Gasteiger partial charge in [0.15, 0.2) is 0 Å². The largest absolute Gasteiger partial charge is 0.371 e. The Kier molecular flexibility index (Phi) is 4.03. The molecule has 1 aliphatic heterocycles. The summed E-state index contributed by atoms with van der Waals surface area (Å²) in [6.45, 7) is 9.29. The van der Waals surface area contributed by atoms with Gasteiger partial charge in [-0.2, -0.15) is 0 Å². The van der Waals surface area contributed by atoms with E-state index in [1.165, 1.54) is 37.3 Å². The number of aromatic nitrogens is 1. The number of hydrogen-bond donors (Lipinski definition) is 0. The Labute approximate surface area is 105 Å². The van der Waals surface area contributed by atoms with Gasteiger partial charge in [0.25, 0.3) is 0 Å². The van der Waals surface area contributed by atoms with Crippen LogP contribution in [-0.2, 0) is 6.42 Å². The van der Waals surface area contributed by atoms with Gasteiger partial charge in [-0.25, -0.2) is 0 Å². The van der Waals surface area contributed by atoms with E-state index in [4.69, 9.17) is 0 Å². The summed E-state index contributed by atoms with van der Waals surface area (Å²) in [4.78, 5) is 6.90. The third kappa shape index (κ3) is 2.80. The highest BCUT2D eigenvalue weighted by molar-refractivity contribution is 5.47. The van der Waals surface area contributed by atoms with Crippen LogP contribution >= 0.6 is 0 Å². The minimum absolute atomic E-state index is 0.854. The van der Waals surface area contributed by atoms with E-state index in [2.05, 4.69) is 42.8 Å². The maximum absolute atomic E-state index is 4.37. The molecule has 94 valence electrons. The van der Waals surface area contributed by atoms with Crippen molar-refractivity contribution in [2.45, 2.75) is 40.0 Å². The Morgan fingerprint density at radius 2 is 2.29 bits per heavy atom. The molecule has 1 aromatic rings. The molecule has 1 aliphatic rings. The molecule has 0 aromatic carbocycles. The first-order valence-corrected chi connectivity index (χ1v) is 6.94. The summed E-state index contributed by atoms with van der Waals surface area (Å²) < 4.78 is 0. The van der Waals surface area contributed by atoms with Crippen LogP contribution in [0.1, 0.15) is 39.3 Å². The number of hydrogen-bond acceptors (Lipinski definition) is 2. The van der Waals surface area contributed by atoms with Crippen molar-refractivity contribution in [2.75, 3.05) is 18.0 Å². The van der Waals surface area contributed by atoms with Gasteiger partial charge in [0.1, 0.15) is 0 Å². The molecule has 1 aromatic heterocycles. The lowest BCUT2D eigenvalue weighted by Gasteiger charge is -2.21. The number of pyridine rings is 1. The van der Waals surface area contributed by atoms with Crippen molar-refractivity contribution in [3.8, 4) is 0 Å². The fourth-order valence-corrected chi connectivity index (χ4v) is 2.68. The van der Waals surface area contributed by atoms with Crippen LogP contribution in [0.4, 0.5) is 5.69 Å². The van der Waals surface area contributed by atoms with E-state index in [-0.39, 0.29) is 0 Å². The summed E-state index contributed by atoms with van der Waals surface area (Å²) in [5.74, 6) is 1.73. The van der Waals surface area contributed by atoms with Gasteiger partial charge in [-0.15, -0.1) is 0 Å². The zero-order valence-electron chi connectivity index (χ0n) is 11.3. The molecule has 2 nitrogen and oxygen atoms in total. The fraction of sp³-hybridized carbons (Fsp3) is 0.667. The molecule has 0 N–H and O–H groups in total. The first-order chi connectivity index (χ1) is 8.24. The smallest absolute Gasteiger partial charge is 0.0421 e. The second kappa shape index (κ2) is 5.52. The van der Waals surface area contributed by atoms with Crippen LogP contribution in [0.3, 0.4) is 0 Å². The van der Waals surface area contributed by atoms with E-state index < -0.39 is 0 Å². The molecular weight excluding hydrogens is 208 g/mol. The average Bonchev–Trinajstić information content (AvgIpc) is 2.87. The van der Waals surface area contributed by atoms with Gasteiger partial charge < -0.3 is 4.90 Å². The zero-order chi connectivity index (χ0) is 12.3. The minimum atomic E-state index is 0.854. The molecule has 2 heteroatoms. The van der Waals surface area contributed by atoms with Crippen LogP contribution < -0.4 is 4.90 Å². The van der Waals surface area contributed by atoms with Crippen molar-refractivity contribution in [1.82, 2.24) is 4.98 Å². The normalized spacial score (nSPS) is 21.8. The van der Waals surface area contributed by atoms with Gasteiger partial charge in [0, 0.05) is 30.7 Å². The highest BCUT2D eigenvalue weighted by atomic mass is 15.2. The lowest BCUT2D eigenvalue weighted by molar-refractivity contribution is 0.379. The van der Waals surface area contributed by atoms with Crippen molar-refractivity contribution >= 4 is 5.69 Å². The van der Waals surface area contributed by atoms with Crippen molar-refractivity contribution in [1.29, 1.82) is 0 Å². The Bertz CT molecular complexity index is 362. The molecule has 0 radical (unpaired) electrons. The van der Waals surface area contributed by atoms with E-state index in [1.807, 2.05) is 6.20 Å². The predicted molar refractivity (Wildman–Crippen MR) is 73.4 cm³/mol. The molecule has 2 atom stereocenters. The van der Waals surface area contributed by atoms with Crippen LogP contribution in [0.5, 0.6) is 0 Å². The van der Waals surface area contributed by atoms with Gasteiger partial charge in [0.05, 0.1) is 0 Å². The topological polar surface area (TPSA) is 16.1 Å². The quantitative estimate of drug-likeness (QED) is 0.789. The molecule has 0 amide bonds. The number of rotatable bonds is 4. The molecule has 1 fully saturated rings. The predicted octanol–water partition coefficient (Wildman–Crippen LogP) is 3.52. The Hall–Kier alpha value is -1.05. The molecule has 1 saturated heterocycles. The molecule has 2 heterocycles. The third-order valence-corrected chi connectivity index (χ3v) is 4.20. The Balaban J connectivity index is 2.04. The summed E-state index contributed by atoms with van der Waals surface area (Å²) in [5, 5.41) is 0.